The van der Waals surface area contributed by atoms with Crippen LogP contribution in [0.4, 0.5) is 0 Å². The average Bonchev–Trinajstić information content (AvgIpc) is 3.24. The van der Waals surface area contributed by atoms with Crippen molar-refractivity contribution in [3.63, 3.8) is 0 Å². The summed E-state index contributed by atoms with van der Waals surface area (Å²) in [7, 11) is 0. The summed E-state index contributed by atoms with van der Waals surface area (Å²) >= 11 is 1.46. The summed E-state index contributed by atoms with van der Waals surface area (Å²) in [5, 5.41) is 4.99. The van der Waals surface area contributed by atoms with E-state index in [-0.39, 0.29) is 35.7 Å². The lowest BCUT2D eigenvalue weighted by molar-refractivity contribution is -0.130. The number of carbonyl (C=O) groups is 3. The standard InChI is InChI=1S/C18H25N3O3S/c1-12(2)21-11-13(10-16(21)22)17(23)19-14-5-7-20(8-6-14)18(24)15-4-3-9-25-15/h3-4,9,12-14H,5-8,10-11H2,1-2H3,(H,19,23). The van der Waals surface area contributed by atoms with E-state index in [1.54, 1.807) is 4.90 Å². The molecule has 0 aromatic carbocycles. The highest BCUT2D eigenvalue weighted by Gasteiger charge is 2.36. The third-order valence-electron chi connectivity index (χ3n) is 5.01. The summed E-state index contributed by atoms with van der Waals surface area (Å²) < 4.78 is 0. The van der Waals surface area contributed by atoms with Gasteiger partial charge in [-0.05, 0) is 38.1 Å². The van der Waals surface area contributed by atoms with Crippen LogP contribution in [0.5, 0.6) is 0 Å². The molecule has 1 aromatic heterocycles. The first kappa shape index (κ1) is 17.9. The number of piperidine rings is 1. The molecule has 25 heavy (non-hydrogen) atoms. The molecule has 1 atom stereocenters. The Balaban J connectivity index is 1.47. The van der Waals surface area contributed by atoms with Gasteiger partial charge < -0.3 is 15.1 Å². The molecule has 1 N–H and O–H groups in total. The lowest BCUT2D eigenvalue weighted by Crippen LogP contribution is -2.48. The summed E-state index contributed by atoms with van der Waals surface area (Å²) in [6.45, 7) is 5.77. The van der Waals surface area contributed by atoms with Crippen LogP contribution in [-0.2, 0) is 9.59 Å². The van der Waals surface area contributed by atoms with Crippen LogP contribution in [-0.4, -0.2) is 59.2 Å². The molecule has 2 saturated heterocycles. The zero-order valence-corrected chi connectivity index (χ0v) is 15.6. The molecule has 7 heteroatoms. The van der Waals surface area contributed by atoms with Gasteiger partial charge in [-0.15, -0.1) is 11.3 Å². The minimum absolute atomic E-state index is 0.0282. The van der Waals surface area contributed by atoms with Crippen molar-refractivity contribution in [3.05, 3.63) is 22.4 Å². The predicted molar refractivity (Wildman–Crippen MR) is 96.3 cm³/mol. The first-order valence-electron chi connectivity index (χ1n) is 8.88. The fraction of sp³-hybridized carbons (Fsp3) is 0.611. The topological polar surface area (TPSA) is 69.7 Å². The number of hydrogen-bond donors (Lipinski definition) is 1. The molecule has 1 aromatic rings. The van der Waals surface area contributed by atoms with Crippen LogP contribution >= 0.6 is 11.3 Å². The molecule has 0 radical (unpaired) electrons. The van der Waals surface area contributed by atoms with E-state index in [1.165, 1.54) is 11.3 Å². The van der Waals surface area contributed by atoms with Crippen molar-refractivity contribution >= 4 is 29.1 Å². The molecule has 6 nitrogen and oxygen atoms in total. The molecule has 0 aliphatic carbocycles. The van der Waals surface area contributed by atoms with E-state index >= 15 is 0 Å². The largest absolute Gasteiger partial charge is 0.353 e. The second-order valence-electron chi connectivity index (χ2n) is 7.09. The smallest absolute Gasteiger partial charge is 0.263 e. The van der Waals surface area contributed by atoms with E-state index in [4.69, 9.17) is 0 Å². The van der Waals surface area contributed by atoms with Crippen LogP contribution in [0.15, 0.2) is 17.5 Å². The van der Waals surface area contributed by atoms with E-state index in [2.05, 4.69) is 5.32 Å². The summed E-state index contributed by atoms with van der Waals surface area (Å²) in [5.41, 5.74) is 0. The maximum atomic E-state index is 12.5. The van der Waals surface area contributed by atoms with E-state index in [9.17, 15) is 14.4 Å². The molecule has 0 bridgehead atoms. The second-order valence-corrected chi connectivity index (χ2v) is 8.04. The maximum Gasteiger partial charge on any atom is 0.263 e. The van der Waals surface area contributed by atoms with Crippen molar-refractivity contribution in [2.24, 2.45) is 5.92 Å². The fourth-order valence-electron chi connectivity index (χ4n) is 3.51. The highest BCUT2D eigenvalue weighted by Crippen LogP contribution is 2.22. The predicted octanol–water partition coefficient (Wildman–Crippen LogP) is 1.73. The zero-order chi connectivity index (χ0) is 18.0. The third-order valence-corrected chi connectivity index (χ3v) is 5.87. The number of nitrogens with one attached hydrogen (secondary N) is 1. The molecular formula is C18H25N3O3S. The molecule has 2 aliphatic rings. The van der Waals surface area contributed by atoms with Crippen molar-refractivity contribution in [1.82, 2.24) is 15.1 Å². The van der Waals surface area contributed by atoms with Gasteiger partial charge in [-0.1, -0.05) is 6.07 Å². The summed E-state index contributed by atoms with van der Waals surface area (Å²) in [4.78, 5) is 41.1. The lowest BCUT2D eigenvalue weighted by atomic mass is 10.0. The van der Waals surface area contributed by atoms with Gasteiger partial charge >= 0.3 is 0 Å². The Labute approximate surface area is 152 Å². The van der Waals surface area contributed by atoms with E-state index in [1.807, 2.05) is 36.3 Å². The summed E-state index contributed by atoms with van der Waals surface area (Å²) in [6, 6.07) is 3.95. The van der Waals surface area contributed by atoms with Gasteiger partial charge in [-0.25, -0.2) is 0 Å². The summed E-state index contributed by atoms with van der Waals surface area (Å²) in [6.07, 6.45) is 1.83. The van der Waals surface area contributed by atoms with Crippen molar-refractivity contribution < 1.29 is 14.4 Å². The molecule has 0 saturated carbocycles. The van der Waals surface area contributed by atoms with Gasteiger partial charge in [0.1, 0.15) is 0 Å². The van der Waals surface area contributed by atoms with E-state index in [0.717, 1.165) is 17.7 Å². The van der Waals surface area contributed by atoms with Gasteiger partial charge in [0, 0.05) is 38.1 Å². The Morgan fingerprint density at radius 2 is 2.00 bits per heavy atom. The highest BCUT2D eigenvalue weighted by atomic mass is 32.1. The molecular weight excluding hydrogens is 338 g/mol. The Kier molecular flexibility index (Phi) is 5.42. The van der Waals surface area contributed by atoms with Crippen LogP contribution in [0.25, 0.3) is 0 Å². The number of amides is 3. The number of rotatable bonds is 4. The Bertz CT molecular complexity index is 636. The number of carbonyl (C=O) groups excluding carboxylic acids is 3. The lowest BCUT2D eigenvalue weighted by Gasteiger charge is -2.32. The quantitative estimate of drug-likeness (QED) is 0.886. The fourth-order valence-corrected chi connectivity index (χ4v) is 4.20. The molecule has 2 aliphatic heterocycles. The highest BCUT2D eigenvalue weighted by molar-refractivity contribution is 7.12. The Morgan fingerprint density at radius 1 is 1.28 bits per heavy atom. The summed E-state index contributed by atoms with van der Waals surface area (Å²) in [5.74, 6) is -0.138. The van der Waals surface area contributed by atoms with Crippen molar-refractivity contribution in [2.75, 3.05) is 19.6 Å². The molecule has 0 spiro atoms. The minimum Gasteiger partial charge on any atom is -0.353 e. The maximum absolute atomic E-state index is 12.5. The van der Waals surface area contributed by atoms with Gasteiger partial charge in [0.2, 0.25) is 11.8 Å². The number of likely N-dealkylation sites (tertiary alicyclic amines) is 2. The Hall–Kier alpha value is -1.89. The van der Waals surface area contributed by atoms with Crippen molar-refractivity contribution in [2.45, 2.75) is 45.2 Å². The molecule has 136 valence electrons. The van der Waals surface area contributed by atoms with Crippen molar-refractivity contribution in [1.29, 1.82) is 0 Å². The van der Waals surface area contributed by atoms with Gasteiger partial charge in [-0.2, -0.15) is 0 Å². The van der Waals surface area contributed by atoms with Crippen LogP contribution in [0.3, 0.4) is 0 Å². The minimum atomic E-state index is -0.249. The van der Waals surface area contributed by atoms with Crippen LogP contribution in [0.2, 0.25) is 0 Å². The van der Waals surface area contributed by atoms with E-state index < -0.39 is 0 Å². The van der Waals surface area contributed by atoms with Crippen LogP contribution in [0, 0.1) is 5.92 Å². The second kappa shape index (κ2) is 7.56. The zero-order valence-electron chi connectivity index (χ0n) is 14.7. The molecule has 3 heterocycles. The Morgan fingerprint density at radius 3 is 2.56 bits per heavy atom. The van der Waals surface area contributed by atoms with Gasteiger partial charge in [0.05, 0.1) is 10.8 Å². The van der Waals surface area contributed by atoms with E-state index in [0.29, 0.717) is 26.1 Å². The first-order valence-corrected chi connectivity index (χ1v) is 9.76. The molecule has 1 unspecified atom stereocenters. The monoisotopic (exact) mass is 363 g/mol. The van der Waals surface area contributed by atoms with Gasteiger partial charge in [0.25, 0.3) is 5.91 Å². The number of thiophene rings is 1. The third kappa shape index (κ3) is 4.03. The van der Waals surface area contributed by atoms with Gasteiger partial charge in [0.15, 0.2) is 0 Å². The molecule has 3 rings (SSSR count). The average molecular weight is 363 g/mol. The van der Waals surface area contributed by atoms with Crippen molar-refractivity contribution in [3.8, 4) is 0 Å². The van der Waals surface area contributed by atoms with Crippen LogP contribution < -0.4 is 5.32 Å². The van der Waals surface area contributed by atoms with Crippen LogP contribution in [0.1, 0.15) is 42.8 Å². The first-order chi connectivity index (χ1) is 12.0. The molecule has 3 amide bonds. The SMILES string of the molecule is CC(C)N1CC(C(=O)NC2CCN(C(=O)c3cccs3)CC2)CC1=O. The number of hydrogen-bond acceptors (Lipinski definition) is 4. The number of nitrogens with zero attached hydrogens (tertiary/aromatic N) is 2. The molecule has 2 fully saturated rings. The van der Waals surface area contributed by atoms with Gasteiger partial charge in [-0.3, -0.25) is 14.4 Å². The normalized spacial score (nSPS) is 21.9.